The van der Waals surface area contributed by atoms with Crippen LogP contribution in [-0.2, 0) is 14.3 Å². The number of likely N-dealkylation sites (N-methyl/N-ethyl adjacent to an activating group) is 1. The molecule has 0 aromatic rings. The molecule has 0 aromatic carbocycles. The van der Waals surface area contributed by atoms with Crippen molar-refractivity contribution in [1.29, 1.82) is 0 Å². The lowest BCUT2D eigenvalue weighted by Crippen LogP contribution is -2.27. The van der Waals surface area contributed by atoms with Crippen LogP contribution in [0, 0.1) is 11.8 Å². The molecule has 2 N–H and O–H groups in total. The van der Waals surface area contributed by atoms with Crippen LogP contribution in [0.4, 0.5) is 0 Å². The summed E-state index contributed by atoms with van der Waals surface area (Å²) in [5.41, 5.74) is 0. The number of aliphatic hydroxyl groups is 2. The quantitative estimate of drug-likeness (QED) is 0.197. The lowest BCUT2D eigenvalue weighted by molar-refractivity contribution is -0.144. The molecule has 184 valence electrons. The lowest BCUT2D eigenvalue weighted by Gasteiger charge is -2.17. The van der Waals surface area contributed by atoms with Crippen LogP contribution in [0.3, 0.4) is 0 Å². The van der Waals surface area contributed by atoms with Crippen LogP contribution in [0.1, 0.15) is 78.6 Å². The van der Waals surface area contributed by atoms with Crippen molar-refractivity contribution in [3.05, 3.63) is 24.3 Å². The topological polar surface area (TPSA) is 87.1 Å². The Balaban J connectivity index is 2.32. The van der Waals surface area contributed by atoms with Gasteiger partial charge in [-0.15, -0.1) is 0 Å². The van der Waals surface area contributed by atoms with E-state index < -0.39 is 12.2 Å². The number of ether oxygens (including phenoxy) is 1. The van der Waals surface area contributed by atoms with E-state index in [4.69, 9.17) is 4.74 Å². The van der Waals surface area contributed by atoms with E-state index in [1.807, 2.05) is 18.2 Å². The number of nitrogens with zero attached hydrogens (tertiary/aromatic N) is 1. The van der Waals surface area contributed by atoms with E-state index in [1.54, 1.807) is 6.08 Å². The monoisotopic (exact) mass is 451 g/mol. The van der Waals surface area contributed by atoms with E-state index in [0.29, 0.717) is 25.9 Å². The van der Waals surface area contributed by atoms with Gasteiger partial charge >= 0.3 is 5.97 Å². The average molecular weight is 452 g/mol. The zero-order chi connectivity index (χ0) is 23.8. The first-order valence-electron chi connectivity index (χ1n) is 12.5. The number of hydrogen-bond acceptors (Lipinski definition) is 6. The molecule has 0 aliphatic heterocycles. The van der Waals surface area contributed by atoms with Crippen LogP contribution < -0.4 is 0 Å². The molecule has 0 saturated heterocycles. The number of carbonyl (C=O) groups excluding carboxylic acids is 2. The predicted octanol–water partition coefficient (Wildman–Crippen LogP) is 4.05. The first kappa shape index (κ1) is 28.5. The Bertz CT molecular complexity index is 585. The van der Waals surface area contributed by atoms with Crippen molar-refractivity contribution in [1.82, 2.24) is 4.90 Å². The SMILES string of the molecule is CCCCCC(O)C=C[C@H]1C(O)CC(=O)[C@@H]1CC=CCCCC(=O)OCCN(CC)CC. The Labute approximate surface area is 194 Å². The molecule has 1 rings (SSSR count). The maximum absolute atomic E-state index is 12.3. The van der Waals surface area contributed by atoms with Gasteiger partial charge in [0.1, 0.15) is 12.4 Å². The molecule has 6 heteroatoms. The van der Waals surface area contributed by atoms with Crippen molar-refractivity contribution in [2.24, 2.45) is 11.8 Å². The summed E-state index contributed by atoms with van der Waals surface area (Å²) in [6.07, 6.45) is 12.9. The van der Waals surface area contributed by atoms with Gasteiger partial charge in [-0.2, -0.15) is 0 Å². The van der Waals surface area contributed by atoms with Crippen molar-refractivity contribution in [3.63, 3.8) is 0 Å². The molecule has 0 spiro atoms. The minimum Gasteiger partial charge on any atom is -0.464 e. The normalized spacial score (nSPS) is 22.4. The number of unbranched alkanes of at least 4 members (excludes halogenated alkanes) is 3. The Hall–Kier alpha value is -1.50. The second-order valence-electron chi connectivity index (χ2n) is 8.72. The third kappa shape index (κ3) is 11.4. The van der Waals surface area contributed by atoms with Crippen molar-refractivity contribution in [2.75, 3.05) is 26.2 Å². The molecule has 4 atom stereocenters. The Morgan fingerprint density at radius 1 is 1.19 bits per heavy atom. The molecule has 1 aliphatic carbocycles. The molecular formula is C26H45NO5. The van der Waals surface area contributed by atoms with Gasteiger partial charge in [0.15, 0.2) is 0 Å². The van der Waals surface area contributed by atoms with Crippen molar-refractivity contribution < 1.29 is 24.5 Å². The Kier molecular flexibility index (Phi) is 15.2. The van der Waals surface area contributed by atoms with Gasteiger partial charge in [0.2, 0.25) is 0 Å². The number of Topliss-reactive ketones (excluding diaryl/α,β-unsaturated/α-hetero) is 1. The van der Waals surface area contributed by atoms with Crippen LogP contribution in [0.5, 0.6) is 0 Å². The highest BCUT2D eigenvalue weighted by atomic mass is 16.5. The number of allylic oxidation sites excluding steroid dienone is 2. The van der Waals surface area contributed by atoms with E-state index in [1.165, 1.54) is 0 Å². The fraction of sp³-hybridized carbons (Fsp3) is 0.769. The minimum absolute atomic E-state index is 0.0778. The van der Waals surface area contributed by atoms with Gasteiger partial charge < -0.3 is 19.8 Å². The molecule has 2 unspecified atom stereocenters. The van der Waals surface area contributed by atoms with Crippen LogP contribution in [0.15, 0.2) is 24.3 Å². The van der Waals surface area contributed by atoms with Crippen LogP contribution in [-0.4, -0.2) is 65.3 Å². The van der Waals surface area contributed by atoms with Crippen molar-refractivity contribution in [3.8, 4) is 0 Å². The minimum atomic E-state index is -0.675. The maximum Gasteiger partial charge on any atom is 0.305 e. The summed E-state index contributed by atoms with van der Waals surface area (Å²) >= 11 is 0. The van der Waals surface area contributed by atoms with Gasteiger partial charge in [-0.25, -0.2) is 0 Å². The van der Waals surface area contributed by atoms with Crippen molar-refractivity contribution in [2.45, 2.75) is 90.8 Å². The van der Waals surface area contributed by atoms with Gasteiger partial charge in [0, 0.05) is 31.2 Å². The largest absolute Gasteiger partial charge is 0.464 e. The second-order valence-corrected chi connectivity index (χ2v) is 8.72. The maximum atomic E-state index is 12.3. The molecule has 0 bridgehead atoms. The van der Waals surface area contributed by atoms with Crippen LogP contribution in [0.25, 0.3) is 0 Å². The van der Waals surface area contributed by atoms with E-state index in [-0.39, 0.29) is 30.0 Å². The molecule has 32 heavy (non-hydrogen) atoms. The number of aliphatic hydroxyl groups excluding tert-OH is 2. The first-order valence-corrected chi connectivity index (χ1v) is 12.5. The summed E-state index contributed by atoms with van der Waals surface area (Å²) in [5.74, 6) is -0.574. The molecule has 0 aromatic heterocycles. The zero-order valence-electron chi connectivity index (χ0n) is 20.4. The average Bonchev–Trinajstić information content (AvgIpc) is 3.04. The summed E-state index contributed by atoms with van der Waals surface area (Å²) in [6.45, 7) is 9.42. The van der Waals surface area contributed by atoms with Crippen LogP contribution in [0.2, 0.25) is 0 Å². The highest BCUT2D eigenvalue weighted by Gasteiger charge is 2.39. The molecule has 0 amide bonds. The number of ketones is 1. The van der Waals surface area contributed by atoms with Gasteiger partial charge in [-0.05, 0) is 38.8 Å². The van der Waals surface area contributed by atoms with Crippen molar-refractivity contribution >= 4 is 11.8 Å². The fourth-order valence-electron chi connectivity index (χ4n) is 4.11. The first-order chi connectivity index (χ1) is 15.4. The summed E-state index contributed by atoms with van der Waals surface area (Å²) in [7, 11) is 0. The van der Waals surface area contributed by atoms with E-state index in [2.05, 4.69) is 25.7 Å². The number of esters is 1. The molecular weight excluding hydrogens is 406 g/mol. The van der Waals surface area contributed by atoms with Gasteiger partial charge in [-0.3, -0.25) is 9.59 Å². The third-order valence-corrected chi connectivity index (χ3v) is 6.27. The smallest absolute Gasteiger partial charge is 0.305 e. The van der Waals surface area contributed by atoms with E-state index >= 15 is 0 Å². The fourth-order valence-corrected chi connectivity index (χ4v) is 4.11. The Morgan fingerprint density at radius 2 is 1.94 bits per heavy atom. The standard InChI is InChI=1S/C26H45NO5/c1-4-7-10-13-21(28)16-17-23-22(24(29)20-25(23)30)14-11-8-9-12-15-26(31)32-19-18-27(5-2)6-3/h8,11,16-17,21-23,25,28,30H,4-7,9-10,12-15,18-20H2,1-3H3/t21?,22-,23-,25?/m1/s1. The second kappa shape index (κ2) is 17.0. The number of hydrogen-bond donors (Lipinski definition) is 2. The third-order valence-electron chi connectivity index (χ3n) is 6.27. The molecule has 0 radical (unpaired) electrons. The number of carbonyl (C=O) groups is 2. The van der Waals surface area contributed by atoms with Gasteiger partial charge in [0.05, 0.1) is 12.2 Å². The highest BCUT2D eigenvalue weighted by Crippen LogP contribution is 2.33. The summed E-state index contributed by atoms with van der Waals surface area (Å²) in [5, 5.41) is 20.4. The summed E-state index contributed by atoms with van der Waals surface area (Å²) in [4.78, 5) is 26.3. The molecule has 6 nitrogen and oxygen atoms in total. The molecule has 1 aliphatic rings. The van der Waals surface area contributed by atoms with Crippen LogP contribution >= 0.6 is 0 Å². The predicted molar refractivity (Wildman–Crippen MR) is 128 cm³/mol. The molecule has 1 fully saturated rings. The molecule has 1 saturated carbocycles. The van der Waals surface area contributed by atoms with Gasteiger partial charge in [0.25, 0.3) is 0 Å². The number of rotatable bonds is 17. The Morgan fingerprint density at radius 3 is 2.62 bits per heavy atom. The molecule has 0 heterocycles. The lowest BCUT2D eigenvalue weighted by atomic mass is 9.90. The van der Waals surface area contributed by atoms with E-state index in [9.17, 15) is 19.8 Å². The zero-order valence-corrected chi connectivity index (χ0v) is 20.4. The summed E-state index contributed by atoms with van der Waals surface area (Å²) in [6, 6.07) is 0. The van der Waals surface area contributed by atoms with Gasteiger partial charge in [-0.1, -0.05) is 64.3 Å². The van der Waals surface area contributed by atoms with E-state index in [0.717, 1.165) is 51.7 Å². The summed E-state index contributed by atoms with van der Waals surface area (Å²) < 4.78 is 5.28. The highest BCUT2D eigenvalue weighted by molar-refractivity contribution is 5.84.